The molecule has 0 atom stereocenters. The second-order valence-electron chi connectivity index (χ2n) is 4.01. The summed E-state index contributed by atoms with van der Waals surface area (Å²) < 4.78 is 6.21. The van der Waals surface area contributed by atoms with Crippen molar-refractivity contribution in [1.29, 1.82) is 0 Å². The maximum atomic E-state index is 11.4. The Balaban J connectivity index is 2.14. The average molecular weight is 291 g/mol. The molecule has 0 unspecified atom stereocenters. The number of anilines is 1. The van der Waals surface area contributed by atoms with Gasteiger partial charge in [0.1, 0.15) is 0 Å². The third-order valence-corrected chi connectivity index (χ3v) is 2.66. The molecule has 0 aliphatic rings. The largest absolute Gasteiger partial charge is 0.464 e. The fourth-order valence-corrected chi connectivity index (χ4v) is 1.67. The van der Waals surface area contributed by atoms with Crippen LogP contribution in [0.25, 0.3) is 0 Å². The molecule has 0 saturated heterocycles. The Morgan fingerprint density at radius 1 is 1.52 bits per heavy atom. The molecule has 9 nitrogen and oxygen atoms in total. The lowest BCUT2D eigenvalue weighted by Crippen LogP contribution is -2.14. The third-order valence-electron chi connectivity index (χ3n) is 2.66. The van der Waals surface area contributed by atoms with Crippen molar-refractivity contribution in [2.75, 3.05) is 19.0 Å². The molecule has 2 rings (SSSR count). The fourth-order valence-electron chi connectivity index (χ4n) is 1.67. The van der Waals surface area contributed by atoms with Crippen molar-refractivity contribution in [3.8, 4) is 0 Å². The second kappa shape index (κ2) is 6.46. The monoisotopic (exact) mass is 291 g/mol. The van der Waals surface area contributed by atoms with Crippen molar-refractivity contribution in [3.63, 3.8) is 0 Å². The first-order valence-electron chi connectivity index (χ1n) is 6.07. The van der Waals surface area contributed by atoms with Gasteiger partial charge in [0.15, 0.2) is 5.69 Å². The summed E-state index contributed by atoms with van der Waals surface area (Å²) in [5.41, 5.74) is -0.201. The zero-order valence-corrected chi connectivity index (χ0v) is 11.2. The molecule has 9 heteroatoms. The number of esters is 1. The summed E-state index contributed by atoms with van der Waals surface area (Å²) in [5.74, 6) is -0.630. The van der Waals surface area contributed by atoms with Crippen LogP contribution in [0.5, 0.6) is 0 Å². The van der Waals surface area contributed by atoms with Gasteiger partial charge < -0.3 is 10.1 Å². The van der Waals surface area contributed by atoms with Gasteiger partial charge in [-0.2, -0.15) is 5.10 Å². The Labute approximate surface area is 119 Å². The molecule has 110 valence electrons. The summed E-state index contributed by atoms with van der Waals surface area (Å²) in [4.78, 5) is 25.7. The Kier molecular flexibility index (Phi) is 4.44. The number of aromatic nitrogens is 3. The van der Waals surface area contributed by atoms with Crippen LogP contribution in [-0.2, 0) is 11.3 Å². The number of nitro groups is 1. The molecule has 0 saturated carbocycles. The molecule has 0 aliphatic heterocycles. The van der Waals surface area contributed by atoms with E-state index in [2.05, 4.69) is 20.1 Å². The Morgan fingerprint density at radius 2 is 2.33 bits per heavy atom. The van der Waals surface area contributed by atoms with Gasteiger partial charge in [0, 0.05) is 25.0 Å². The van der Waals surface area contributed by atoms with E-state index < -0.39 is 10.9 Å². The summed E-state index contributed by atoms with van der Waals surface area (Å²) in [6.07, 6.45) is 3.41. The quantitative estimate of drug-likeness (QED) is 0.481. The normalized spacial score (nSPS) is 10.1. The Bertz CT molecular complexity index is 641. The number of rotatable bonds is 6. The van der Waals surface area contributed by atoms with E-state index in [4.69, 9.17) is 0 Å². The minimum atomic E-state index is -0.653. The van der Waals surface area contributed by atoms with Crippen LogP contribution in [0.2, 0.25) is 0 Å². The SMILES string of the molecule is COC(=O)c1ccc([N+](=O)[O-])c(NCCn2cccn2)n1. The number of hydrogen-bond donors (Lipinski definition) is 1. The highest BCUT2D eigenvalue weighted by Crippen LogP contribution is 2.22. The number of nitrogens with zero attached hydrogens (tertiary/aromatic N) is 4. The highest BCUT2D eigenvalue weighted by Gasteiger charge is 2.18. The lowest BCUT2D eigenvalue weighted by Gasteiger charge is -2.07. The van der Waals surface area contributed by atoms with Gasteiger partial charge in [-0.1, -0.05) is 0 Å². The molecule has 0 spiro atoms. The molecule has 1 N–H and O–H groups in total. The van der Waals surface area contributed by atoms with Crippen LogP contribution in [0.15, 0.2) is 30.6 Å². The van der Waals surface area contributed by atoms with Gasteiger partial charge >= 0.3 is 11.7 Å². The van der Waals surface area contributed by atoms with Crippen LogP contribution >= 0.6 is 0 Å². The van der Waals surface area contributed by atoms with E-state index >= 15 is 0 Å². The van der Waals surface area contributed by atoms with Crippen LogP contribution in [0.1, 0.15) is 10.5 Å². The van der Waals surface area contributed by atoms with Crippen LogP contribution in [-0.4, -0.2) is 39.3 Å². The van der Waals surface area contributed by atoms with Gasteiger partial charge in [-0.25, -0.2) is 9.78 Å². The molecule has 2 aromatic rings. The van der Waals surface area contributed by atoms with E-state index in [0.29, 0.717) is 13.1 Å². The predicted molar refractivity (Wildman–Crippen MR) is 72.9 cm³/mol. The average Bonchev–Trinajstić information content (AvgIpc) is 2.99. The summed E-state index contributed by atoms with van der Waals surface area (Å²) in [6, 6.07) is 4.25. The molecule has 2 heterocycles. The summed E-state index contributed by atoms with van der Waals surface area (Å²) in [5, 5.41) is 17.8. The van der Waals surface area contributed by atoms with Crippen molar-refractivity contribution < 1.29 is 14.5 Å². The van der Waals surface area contributed by atoms with Crippen LogP contribution in [0, 0.1) is 10.1 Å². The van der Waals surface area contributed by atoms with Crippen molar-refractivity contribution in [2.24, 2.45) is 0 Å². The number of pyridine rings is 1. The van der Waals surface area contributed by atoms with Crippen molar-refractivity contribution >= 4 is 17.5 Å². The van der Waals surface area contributed by atoms with E-state index in [0.717, 1.165) is 0 Å². The van der Waals surface area contributed by atoms with E-state index in [1.54, 1.807) is 23.1 Å². The molecule has 0 amide bonds. The van der Waals surface area contributed by atoms with E-state index in [9.17, 15) is 14.9 Å². The number of carbonyl (C=O) groups is 1. The van der Waals surface area contributed by atoms with Crippen LogP contribution < -0.4 is 5.32 Å². The molecular formula is C12H13N5O4. The molecule has 0 radical (unpaired) electrons. The number of ether oxygens (including phenoxy) is 1. The van der Waals surface area contributed by atoms with Crippen molar-refractivity contribution in [2.45, 2.75) is 6.54 Å². The van der Waals surface area contributed by atoms with Gasteiger partial charge in [0.05, 0.1) is 18.6 Å². The lowest BCUT2D eigenvalue weighted by atomic mass is 10.3. The van der Waals surface area contributed by atoms with E-state index in [-0.39, 0.29) is 17.2 Å². The zero-order valence-electron chi connectivity index (χ0n) is 11.2. The Hall–Kier alpha value is -2.97. The number of nitrogens with one attached hydrogen (secondary N) is 1. The summed E-state index contributed by atoms with van der Waals surface area (Å²) >= 11 is 0. The van der Waals surface area contributed by atoms with Crippen molar-refractivity contribution in [1.82, 2.24) is 14.8 Å². The third kappa shape index (κ3) is 3.53. The zero-order chi connectivity index (χ0) is 15.2. The van der Waals surface area contributed by atoms with E-state index in [1.165, 1.54) is 19.2 Å². The van der Waals surface area contributed by atoms with Crippen LogP contribution in [0.4, 0.5) is 11.5 Å². The van der Waals surface area contributed by atoms with Gasteiger partial charge in [-0.3, -0.25) is 14.8 Å². The lowest BCUT2D eigenvalue weighted by molar-refractivity contribution is -0.384. The molecular weight excluding hydrogens is 278 g/mol. The fraction of sp³-hybridized carbons (Fsp3) is 0.250. The first-order chi connectivity index (χ1) is 10.1. The first-order valence-corrected chi connectivity index (χ1v) is 6.07. The topological polar surface area (TPSA) is 112 Å². The summed E-state index contributed by atoms with van der Waals surface area (Å²) in [7, 11) is 1.22. The molecule has 0 fully saturated rings. The maximum absolute atomic E-state index is 11.4. The van der Waals surface area contributed by atoms with Gasteiger partial charge in [-0.05, 0) is 12.1 Å². The molecule has 21 heavy (non-hydrogen) atoms. The highest BCUT2D eigenvalue weighted by molar-refractivity contribution is 5.88. The number of carbonyl (C=O) groups excluding carboxylic acids is 1. The molecule has 0 bridgehead atoms. The molecule has 2 aromatic heterocycles. The Morgan fingerprint density at radius 3 is 2.95 bits per heavy atom. The second-order valence-corrected chi connectivity index (χ2v) is 4.01. The molecule has 0 aliphatic carbocycles. The number of hydrogen-bond acceptors (Lipinski definition) is 7. The smallest absolute Gasteiger partial charge is 0.356 e. The predicted octanol–water partition coefficient (Wildman–Crippen LogP) is 1.08. The van der Waals surface area contributed by atoms with Gasteiger partial charge in [-0.15, -0.1) is 0 Å². The highest BCUT2D eigenvalue weighted by atomic mass is 16.6. The maximum Gasteiger partial charge on any atom is 0.356 e. The minimum absolute atomic E-state index is 0.00434. The van der Waals surface area contributed by atoms with E-state index in [1.807, 2.05) is 0 Å². The van der Waals surface area contributed by atoms with Crippen LogP contribution in [0.3, 0.4) is 0 Å². The first kappa shape index (κ1) is 14.4. The summed E-state index contributed by atoms with van der Waals surface area (Å²) in [6.45, 7) is 0.883. The van der Waals surface area contributed by atoms with Gasteiger partial charge in [0.25, 0.3) is 0 Å². The standard InChI is InChI=1S/C12H13N5O4/c1-21-12(18)9-3-4-10(17(19)20)11(15-9)13-6-8-16-7-2-5-14-16/h2-5,7H,6,8H2,1H3,(H,13,15). The van der Waals surface area contributed by atoms with Gasteiger partial charge in [0.2, 0.25) is 5.82 Å². The minimum Gasteiger partial charge on any atom is -0.464 e. The van der Waals surface area contributed by atoms with Crippen molar-refractivity contribution in [3.05, 3.63) is 46.4 Å². The number of methoxy groups -OCH3 is 1. The molecule has 0 aromatic carbocycles.